The normalized spacial score (nSPS) is 11.6. The molecule has 2 nitrogen and oxygen atoms in total. The van der Waals surface area contributed by atoms with Gasteiger partial charge in [-0.2, -0.15) is 0 Å². The highest BCUT2D eigenvalue weighted by Crippen LogP contribution is 2.14. The molecule has 0 heterocycles. The quantitative estimate of drug-likeness (QED) is 0.419. The van der Waals surface area contributed by atoms with Crippen LogP contribution in [0, 0.1) is 13.8 Å². The highest BCUT2D eigenvalue weighted by Gasteiger charge is 2.05. The van der Waals surface area contributed by atoms with Crippen molar-refractivity contribution in [3.63, 3.8) is 0 Å². The topological polar surface area (TPSA) is 21.6 Å². The molecular formula is C14H21NO. The third kappa shape index (κ3) is 3.37. The molecule has 0 radical (unpaired) electrons. The summed E-state index contributed by atoms with van der Waals surface area (Å²) in [5.41, 5.74) is 4.76. The maximum atomic E-state index is 5.27. The maximum absolute atomic E-state index is 5.27. The van der Waals surface area contributed by atoms with Gasteiger partial charge in [0.1, 0.15) is 6.61 Å². The number of nitrogens with zero attached hydrogens (tertiary/aromatic N) is 1. The first-order valence-corrected chi connectivity index (χ1v) is 5.95. The summed E-state index contributed by atoms with van der Waals surface area (Å²) in [5, 5.41) is 4.22. The fourth-order valence-corrected chi connectivity index (χ4v) is 1.57. The van der Waals surface area contributed by atoms with Gasteiger partial charge in [-0.25, -0.2) is 0 Å². The van der Waals surface area contributed by atoms with Crippen LogP contribution in [0.25, 0.3) is 0 Å². The molecule has 88 valence electrons. The minimum atomic E-state index is 0.689. The summed E-state index contributed by atoms with van der Waals surface area (Å²) >= 11 is 0. The molecule has 0 fully saturated rings. The fourth-order valence-electron chi connectivity index (χ4n) is 1.57. The number of hydrogen-bond acceptors (Lipinski definition) is 2. The zero-order valence-electron chi connectivity index (χ0n) is 10.7. The molecule has 0 unspecified atom stereocenters. The predicted octanol–water partition coefficient (Wildman–Crippen LogP) is 3.84. The molecule has 0 spiro atoms. The molecule has 0 N–H and O–H groups in total. The van der Waals surface area contributed by atoms with Gasteiger partial charge in [-0.15, -0.1) is 0 Å². The van der Waals surface area contributed by atoms with Gasteiger partial charge >= 0.3 is 0 Å². The van der Waals surface area contributed by atoms with E-state index in [4.69, 9.17) is 4.84 Å². The van der Waals surface area contributed by atoms with Crippen molar-refractivity contribution in [3.8, 4) is 0 Å². The van der Waals surface area contributed by atoms with Gasteiger partial charge in [-0.3, -0.25) is 0 Å². The van der Waals surface area contributed by atoms with E-state index in [1.807, 2.05) is 0 Å². The molecule has 0 aliphatic carbocycles. The number of hydrogen-bond donors (Lipinski definition) is 0. The monoisotopic (exact) mass is 219 g/mol. The average Bonchev–Trinajstić information content (AvgIpc) is 2.28. The number of rotatable bonds is 5. The summed E-state index contributed by atoms with van der Waals surface area (Å²) in [7, 11) is 0. The Morgan fingerprint density at radius 3 is 2.62 bits per heavy atom. The Balaban J connectivity index is 2.94. The van der Waals surface area contributed by atoms with Crippen molar-refractivity contribution >= 4 is 5.71 Å². The maximum Gasteiger partial charge on any atom is 0.116 e. The Bertz CT molecular complexity index is 369. The molecule has 0 aliphatic heterocycles. The molecule has 0 saturated carbocycles. The van der Waals surface area contributed by atoms with Crippen LogP contribution in [0.5, 0.6) is 0 Å². The van der Waals surface area contributed by atoms with Gasteiger partial charge in [0.05, 0.1) is 5.71 Å². The van der Waals surface area contributed by atoms with E-state index in [0.29, 0.717) is 6.61 Å². The van der Waals surface area contributed by atoms with Crippen LogP contribution in [0.2, 0.25) is 0 Å². The first-order chi connectivity index (χ1) is 7.69. The van der Waals surface area contributed by atoms with Crippen LogP contribution in [0.4, 0.5) is 0 Å². The van der Waals surface area contributed by atoms with E-state index < -0.39 is 0 Å². The van der Waals surface area contributed by atoms with Gasteiger partial charge in [0.25, 0.3) is 0 Å². The molecular weight excluding hydrogens is 198 g/mol. The van der Waals surface area contributed by atoms with E-state index >= 15 is 0 Å². The lowest BCUT2D eigenvalue weighted by Crippen LogP contribution is -2.04. The number of benzene rings is 1. The largest absolute Gasteiger partial charge is 0.396 e. The molecule has 0 amide bonds. The average molecular weight is 219 g/mol. The summed E-state index contributed by atoms with van der Waals surface area (Å²) in [4.78, 5) is 5.27. The zero-order valence-corrected chi connectivity index (χ0v) is 10.7. The molecule has 0 atom stereocenters. The van der Waals surface area contributed by atoms with Crippen LogP contribution in [0.3, 0.4) is 0 Å². The first kappa shape index (κ1) is 12.8. The molecule has 1 aromatic carbocycles. The zero-order chi connectivity index (χ0) is 12.0. The first-order valence-electron chi connectivity index (χ1n) is 5.95. The summed E-state index contributed by atoms with van der Waals surface area (Å²) in [6.07, 6.45) is 1.89. The highest BCUT2D eigenvalue weighted by atomic mass is 16.6. The lowest BCUT2D eigenvalue weighted by Gasteiger charge is -2.08. The smallest absolute Gasteiger partial charge is 0.116 e. The summed E-state index contributed by atoms with van der Waals surface area (Å²) in [6.45, 7) is 9.09. The van der Waals surface area contributed by atoms with Crippen LogP contribution < -0.4 is 0 Å². The van der Waals surface area contributed by atoms with Crippen LogP contribution in [-0.4, -0.2) is 12.3 Å². The Morgan fingerprint density at radius 2 is 2.00 bits per heavy atom. The summed E-state index contributed by atoms with van der Waals surface area (Å²) in [6, 6.07) is 6.43. The van der Waals surface area contributed by atoms with Crippen molar-refractivity contribution in [1.82, 2.24) is 0 Å². The lowest BCUT2D eigenvalue weighted by atomic mass is 10.0. The second kappa shape index (κ2) is 6.31. The summed E-state index contributed by atoms with van der Waals surface area (Å²) in [5.74, 6) is 0. The molecule has 0 saturated heterocycles. The Morgan fingerprint density at radius 1 is 1.25 bits per heavy atom. The highest BCUT2D eigenvalue weighted by molar-refractivity contribution is 6.01. The molecule has 1 rings (SSSR count). The van der Waals surface area contributed by atoms with Crippen LogP contribution in [0.1, 0.15) is 43.4 Å². The Kier molecular flexibility index (Phi) is 5.03. The van der Waals surface area contributed by atoms with Crippen molar-refractivity contribution in [2.45, 2.75) is 40.5 Å². The molecule has 16 heavy (non-hydrogen) atoms. The van der Waals surface area contributed by atoms with Crippen molar-refractivity contribution in [3.05, 3.63) is 34.9 Å². The van der Waals surface area contributed by atoms with Gasteiger partial charge in [0.15, 0.2) is 0 Å². The molecule has 2 heteroatoms. The van der Waals surface area contributed by atoms with Gasteiger partial charge in [0.2, 0.25) is 0 Å². The van der Waals surface area contributed by atoms with E-state index in [0.717, 1.165) is 18.6 Å². The standard InChI is InChI=1S/C14H21NO/c1-5-9-16-15-14(6-2)13-10-11(3)7-8-12(13)4/h7-8,10H,5-6,9H2,1-4H3/b15-14+. The lowest BCUT2D eigenvalue weighted by molar-refractivity contribution is 0.144. The van der Waals surface area contributed by atoms with Gasteiger partial charge in [-0.05, 0) is 38.3 Å². The van der Waals surface area contributed by atoms with Crippen LogP contribution >= 0.6 is 0 Å². The minimum Gasteiger partial charge on any atom is -0.396 e. The van der Waals surface area contributed by atoms with Gasteiger partial charge in [0, 0.05) is 5.56 Å². The molecule has 1 aromatic rings. The van der Waals surface area contributed by atoms with Crippen LogP contribution in [-0.2, 0) is 4.84 Å². The SMILES string of the molecule is CCCO/N=C(\CC)c1cc(C)ccc1C. The van der Waals surface area contributed by atoms with Crippen molar-refractivity contribution in [2.75, 3.05) is 6.61 Å². The molecule has 0 bridgehead atoms. The second-order valence-corrected chi connectivity index (χ2v) is 4.04. The second-order valence-electron chi connectivity index (χ2n) is 4.04. The van der Waals surface area contributed by atoms with Gasteiger partial charge in [-0.1, -0.05) is 36.7 Å². The molecule has 0 aliphatic rings. The predicted molar refractivity (Wildman–Crippen MR) is 69.0 cm³/mol. The number of oxime groups is 1. The van der Waals surface area contributed by atoms with Crippen molar-refractivity contribution < 1.29 is 4.84 Å². The van der Waals surface area contributed by atoms with Crippen molar-refractivity contribution in [1.29, 1.82) is 0 Å². The third-order valence-electron chi connectivity index (χ3n) is 2.51. The Hall–Kier alpha value is -1.31. The van der Waals surface area contributed by atoms with E-state index in [1.54, 1.807) is 0 Å². The number of aryl methyl sites for hydroxylation is 2. The van der Waals surface area contributed by atoms with E-state index in [-0.39, 0.29) is 0 Å². The van der Waals surface area contributed by atoms with E-state index in [9.17, 15) is 0 Å². The molecule has 0 aromatic heterocycles. The third-order valence-corrected chi connectivity index (χ3v) is 2.51. The van der Waals surface area contributed by atoms with E-state index in [1.165, 1.54) is 16.7 Å². The van der Waals surface area contributed by atoms with E-state index in [2.05, 4.69) is 51.0 Å². The Labute approximate surface area is 98.3 Å². The van der Waals surface area contributed by atoms with Gasteiger partial charge < -0.3 is 4.84 Å². The fraction of sp³-hybridized carbons (Fsp3) is 0.500. The van der Waals surface area contributed by atoms with Crippen LogP contribution in [0.15, 0.2) is 23.4 Å². The van der Waals surface area contributed by atoms with Crippen molar-refractivity contribution in [2.24, 2.45) is 5.16 Å². The minimum absolute atomic E-state index is 0.689. The summed E-state index contributed by atoms with van der Waals surface area (Å²) < 4.78 is 0.